The minimum absolute atomic E-state index is 0.00678. The van der Waals surface area contributed by atoms with Gasteiger partial charge in [-0.3, -0.25) is 48.6 Å². The maximum atomic E-state index is 14.6. The van der Waals surface area contributed by atoms with Crippen molar-refractivity contribution in [3.05, 3.63) is 90.1 Å². The fraction of sp³-hybridized carbons (Fsp3) is 0.460. The Kier molecular flexibility index (Phi) is 21.9. The van der Waals surface area contributed by atoms with E-state index in [1.54, 1.807) is 36.5 Å². The molecule has 9 amide bonds. The molecule has 24 heteroatoms. The molecule has 0 radical (unpaired) electrons. The van der Waals surface area contributed by atoms with Crippen molar-refractivity contribution in [2.75, 3.05) is 13.1 Å². The molecular weight excluding hydrogens is 955 g/mol. The van der Waals surface area contributed by atoms with Gasteiger partial charge in [-0.2, -0.15) is 0 Å². The average Bonchev–Trinajstić information content (AvgIpc) is 4.04. The maximum absolute atomic E-state index is 14.6. The third-order valence-corrected chi connectivity index (χ3v) is 12.4. The van der Waals surface area contributed by atoms with E-state index < -0.39 is 95.5 Å². The molecule has 1 unspecified atom stereocenters. The van der Waals surface area contributed by atoms with Gasteiger partial charge in [0.05, 0.1) is 12.0 Å². The summed E-state index contributed by atoms with van der Waals surface area (Å²) in [7, 11) is 0. The first-order valence-electron chi connectivity index (χ1n) is 24.8. The molecular formula is C50H69N15O9. The molecule has 5 rings (SSSR count). The lowest BCUT2D eigenvalue weighted by Crippen LogP contribution is -2.61. The molecule has 3 heterocycles. The molecule has 1 fully saturated rings. The van der Waals surface area contributed by atoms with E-state index in [-0.39, 0.29) is 83.3 Å². The van der Waals surface area contributed by atoms with E-state index in [1.165, 1.54) is 19.4 Å². The lowest BCUT2D eigenvalue weighted by Gasteiger charge is -2.28. The van der Waals surface area contributed by atoms with E-state index in [0.717, 1.165) is 10.9 Å². The molecule has 1 aliphatic heterocycles. The first-order valence-corrected chi connectivity index (χ1v) is 24.8. The molecule has 2 aromatic heterocycles. The summed E-state index contributed by atoms with van der Waals surface area (Å²) in [6.45, 7) is 3.27. The fourth-order valence-corrected chi connectivity index (χ4v) is 8.41. The number of imidazole rings is 1. The minimum Gasteiger partial charge on any atom is -0.370 e. The zero-order chi connectivity index (χ0) is 53.6. The molecule has 2 aromatic carbocycles. The van der Waals surface area contributed by atoms with Gasteiger partial charge in [0, 0.05) is 69.0 Å². The normalized spacial score (nSPS) is 20.2. The number of amides is 9. The van der Waals surface area contributed by atoms with Crippen LogP contribution in [0.2, 0.25) is 0 Å². The van der Waals surface area contributed by atoms with Crippen LogP contribution in [0.5, 0.6) is 0 Å². The maximum Gasteiger partial charge on any atom is 0.243 e. The highest BCUT2D eigenvalue weighted by Gasteiger charge is 2.35. The smallest absolute Gasteiger partial charge is 0.243 e. The predicted molar refractivity (Wildman–Crippen MR) is 273 cm³/mol. The van der Waals surface area contributed by atoms with Gasteiger partial charge >= 0.3 is 0 Å². The van der Waals surface area contributed by atoms with Crippen LogP contribution in [0.1, 0.15) is 88.5 Å². The Morgan fingerprint density at radius 2 is 1.49 bits per heavy atom. The Morgan fingerprint density at radius 1 is 0.797 bits per heavy atom. The van der Waals surface area contributed by atoms with Crippen molar-refractivity contribution in [3.63, 3.8) is 0 Å². The lowest BCUT2D eigenvalue weighted by molar-refractivity contribution is -0.136. The number of carbonyl (C=O) groups excluding carboxylic acids is 9. The van der Waals surface area contributed by atoms with Crippen molar-refractivity contribution in [3.8, 4) is 0 Å². The van der Waals surface area contributed by atoms with Gasteiger partial charge in [0.25, 0.3) is 0 Å². The van der Waals surface area contributed by atoms with Crippen molar-refractivity contribution in [2.24, 2.45) is 11.5 Å². The number of H-pyrrole nitrogens is 2. The number of nitrogens with two attached hydrogens (primary N) is 2. The molecule has 0 saturated carbocycles. The number of hydrogen-bond acceptors (Lipinski definition) is 11. The van der Waals surface area contributed by atoms with Crippen LogP contribution in [-0.2, 0) is 62.4 Å². The van der Waals surface area contributed by atoms with Crippen LogP contribution in [0.4, 0.5) is 0 Å². The van der Waals surface area contributed by atoms with Gasteiger partial charge in [0.1, 0.15) is 42.3 Å². The molecule has 0 bridgehead atoms. The zero-order valence-corrected chi connectivity index (χ0v) is 41.6. The third kappa shape index (κ3) is 18.1. The van der Waals surface area contributed by atoms with E-state index in [9.17, 15) is 43.2 Å². The molecule has 74 heavy (non-hydrogen) atoms. The van der Waals surface area contributed by atoms with Crippen LogP contribution in [0.25, 0.3) is 10.9 Å². The number of carbonyl (C=O) groups is 9. The molecule has 1 aliphatic rings. The summed E-state index contributed by atoms with van der Waals surface area (Å²) in [6, 6.07) is 6.94. The molecule has 16 N–H and O–H groups in total. The van der Waals surface area contributed by atoms with Crippen molar-refractivity contribution in [1.82, 2.24) is 62.8 Å². The van der Waals surface area contributed by atoms with E-state index in [1.807, 2.05) is 31.2 Å². The predicted octanol–water partition coefficient (Wildman–Crippen LogP) is -1.04. The highest BCUT2D eigenvalue weighted by Crippen LogP contribution is 2.19. The molecule has 0 aliphatic carbocycles. The Hall–Kier alpha value is -8.31. The van der Waals surface area contributed by atoms with Gasteiger partial charge in [0.2, 0.25) is 53.2 Å². The van der Waals surface area contributed by atoms with E-state index >= 15 is 0 Å². The van der Waals surface area contributed by atoms with Crippen molar-refractivity contribution in [2.45, 2.75) is 133 Å². The van der Waals surface area contributed by atoms with Gasteiger partial charge in [-0.1, -0.05) is 68.3 Å². The van der Waals surface area contributed by atoms with Crippen LogP contribution >= 0.6 is 0 Å². The summed E-state index contributed by atoms with van der Waals surface area (Å²) >= 11 is 0. The summed E-state index contributed by atoms with van der Waals surface area (Å²) in [5, 5.41) is 32.7. The molecule has 4 aromatic rings. The Morgan fingerprint density at radius 3 is 2.18 bits per heavy atom. The van der Waals surface area contributed by atoms with Crippen molar-refractivity contribution in [1.29, 1.82) is 5.41 Å². The quantitative estimate of drug-likeness (QED) is 0.0305. The number of hydrogen-bond donors (Lipinski definition) is 14. The Balaban J connectivity index is 1.50. The molecule has 7 atom stereocenters. The second-order valence-corrected chi connectivity index (χ2v) is 18.2. The highest BCUT2D eigenvalue weighted by atomic mass is 16.2. The monoisotopic (exact) mass is 1020 g/mol. The minimum atomic E-state index is -1.42. The lowest BCUT2D eigenvalue weighted by atomic mass is 10.0. The van der Waals surface area contributed by atoms with Crippen LogP contribution in [0.3, 0.4) is 0 Å². The van der Waals surface area contributed by atoms with Gasteiger partial charge in [-0.15, -0.1) is 0 Å². The number of primary amides is 1. The highest BCUT2D eigenvalue weighted by molar-refractivity contribution is 5.98. The van der Waals surface area contributed by atoms with Crippen LogP contribution in [0.15, 0.2) is 73.3 Å². The summed E-state index contributed by atoms with van der Waals surface area (Å²) in [4.78, 5) is 135. The summed E-state index contributed by atoms with van der Waals surface area (Å²) in [6.07, 6.45) is 5.44. The second-order valence-electron chi connectivity index (χ2n) is 18.2. The van der Waals surface area contributed by atoms with Gasteiger partial charge in [-0.05, 0) is 55.7 Å². The fourth-order valence-electron chi connectivity index (χ4n) is 8.41. The van der Waals surface area contributed by atoms with E-state index in [2.05, 4.69) is 62.8 Å². The molecule has 24 nitrogen and oxygen atoms in total. The zero-order valence-electron chi connectivity index (χ0n) is 41.6. The number of rotatable bonds is 19. The van der Waals surface area contributed by atoms with Gasteiger partial charge in [-0.25, -0.2) is 4.98 Å². The van der Waals surface area contributed by atoms with Crippen LogP contribution < -0.4 is 59.3 Å². The Labute approximate surface area is 428 Å². The largest absolute Gasteiger partial charge is 0.370 e. The Bertz CT molecular complexity index is 2570. The number of benzene rings is 2. The number of para-hydroxylation sites is 1. The number of fused-ring (bicyclic) bond motifs is 1. The third-order valence-electron chi connectivity index (χ3n) is 12.4. The van der Waals surface area contributed by atoms with Gasteiger partial charge < -0.3 is 69.3 Å². The first-order chi connectivity index (χ1) is 35.5. The number of aromatic amines is 2. The topological polar surface area (TPSA) is 382 Å². The number of nitrogens with zero attached hydrogens (tertiary/aromatic N) is 1. The van der Waals surface area contributed by atoms with Crippen molar-refractivity contribution >= 4 is 70.0 Å². The second kappa shape index (κ2) is 28.7. The summed E-state index contributed by atoms with van der Waals surface area (Å²) in [5.74, 6) is -6.94. The average molecular weight is 1020 g/mol. The van der Waals surface area contributed by atoms with Crippen LogP contribution in [0, 0.1) is 5.41 Å². The van der Waals surface area contributed by atoms with Gasteiger partial charge in [0.15, 0.2) is 5.96 Å². The SMILES string of the molecule is CCCC[C@H](NC(C)=O)C(=O)N[C@H]1CCC(=O)NCCC[C@@H](C(=O)N[C@@H](Cc2c[nH]c3ccccc23)C(N)=O)NC(=O)[C@H](CCCNC(=N)N)NC(=O)[C@@H](Cc2ccccc2)NC(=O)C(Cc2c[nH]cn2)NC1=O. The number of guanidine groups is 1. The number of nitrogens with one attached hydrogen (secondary N) is 12. The summed E-state index contributed by atoms with van der Waals surface area (Å²) < 4.78 is 0. The summed E-state index contributed by atoms with van der Waals surface area (Å²) in [5.41, 5.74) is 13.8. The first kappa shape index (κ1) is 56.6. The number of aromatic nitrogens is 3. The molecule has 0 spiro atoms. The standard InChI is InChI=1S/C50H69N15O9/c1-3-4-15-35(59-29(2)66)44(69)62-38-19-20-42(67)55-21-10-17-37(46(71)63-39(43(51)68)24-31-26-57-34-16-9-8-14-33(31)34)60-45(70)36(18-11-22-56-50(52)53)61-48(73)40(23-30-12-6-5-7-13-30)64-49(74)41(65-47(38)72)25-32-27-54-28-58-32/h5-9,12-14,16,26-28,35-41,57H,3-4,10-11,15,17-25H2,1-2H3,(H2,51,68)(H,54,58)(H,55,67)(H,59,66)(H,60,70)(H,61,73)(H,62,69)(H,63,71)(H,64,74)(H,65,72)(H4,52,53,56)/t35-,36-,37-,38-,39-,40+,41?/m0/s1. The molecule has 1 saturated heterocycles. The van der Waals surface area contributed by atoms with E-state index in [0.29, 0.717) is 29.7 Å². The number of unbranched alkanes of at least 4 members (excludes halogenated alkanes) is 1. The van der Waals surface area contributed by atoms with Crippen LogP contribution in [-0.4, -0.2) is 129 Å². The van der Waals surface area contributed by atoms with E-state index in [4.69, 9.17) is 16.9 Å². The molecule has 398 valence electrons. The van der Waals surface area contributed by atoms with Crippen molar-refractivity contribution < 1.29 is 43.2 Å².